The number of aromatic amines is 1. The van der Waals surface area contributed by atoms with E-state index in [0.29, 0.717) is 16.7 Å². The summed E-state index contributed by atoms with van der Waals surface area (Å²) in [7, 11) is 0. The van der Waals surface area contributed by atoms with Crippen LogP contribution >= 0.6 is 0 Å². The van der Waals surface area contributed by atoms with Crippen molar-refractivity contribution < 1.29 is 9.53 Å². The number of fused-ring (bicyclic) bond motifs is 2. The smallest absolute Gasteiger partial charge is 0.306 e. The number of imidazole rings is 1. The second-order valence-corrected chi connectivity index (χ2v) is 12.2. The normalized spacial score (nSPS) is 14.3. The summed E-state index contributed by atoms with van der Waals surface area (Å²) < 4.78 is 7.66. The van der Waals surface area contributed by atoms with Gasteiger partial charge < -0.3 is 24.1 Å². The Hall–Kier alpha value is -3.98. The molecule has 0 atom stereocenters. The molecule has 1 aliphatic rings. The van der Waals surface area contributed by atoms with E-state index in [1.165, 1.54) is 18.5 Å². The van der Waals surface area contributed by atoms with Gasteiger partial charge in [0.05, 0.1) is 28.5 Å². The highest BCUT2D eigenvalue weighted by atomic mass is 16.6. The summed E-state index contributed by atoms with van der Waals surface area (Å²) in [5.74, 6) is 0.521. The molecule has 1 N–H and O–H groups in total. The Morgan fingerprint density at radius 1 is 1.00 bits per heavy atom. The molecule has 4 aromatic rings. The second kappa shape index (κ2) is 13.1. The lowest BCUT2D eigenvalue weighted by molar-refractivity contribution is -0.154. The van der Waals surface area contributed by atoms with Crippen molar-refractivity contribution in [1.82, 2.24) is 24.4 Å². The number of carbonyl (C=O) groups excluding carboxylic acids is 1. The number of nitrogens with zero attached hydrogens (tertiary/aromatic N) is 5. The van der Waals surface area contributed by atoms with Crippen LogP contribution in [0, 0.1) is 0 Å². The third-order valence-electron chi connectivity index (χ3n) is 7.93. The zero-order valence-corrected chi connectivity index (χ0v) is 26.2. The predicted octanol–water partition coefficient (Wildman–Crippen LogP) is 5.66. The number of likely N-dealkylation sites (tertiary alicyclic amines) is 1. The number of hydrogen-bond donors (Lipinski definition) is 1. The quantitative estimate of drug-likeness (QED) is 0.227. The molecular weight excluding hydrogens is 540 g/mol. The first-order valence-electron chi connectivity index (χ1n) is 15.5. The molecule has 43 heavy (non-hydrogen) atoms. The molecule has 1 aliphatic heterocycles. The summed E-state index contributed by atoms with van der Waals surface area (Å²) in [5, 5.41) is 0. The van der Waals surface area contributed by atoms with Gasteiger partial charge in [0, 0.05) is 38.3 Å². The van der Waals surface area contributed by atoms with E-state index < -0.39 is 5.60 Å². The Bertz CT molecular complexity index is 1650. The number of rotatable bonds is 11. The molecule has 2 aromatic heterocycles. The van der Waals surface area contributed by atoms with E-state index in [2.05, 4.69) is 74.6 Å². The Balaban J connectivity index is 1.46. The standard InChI is InChI=1S/C34H44N6O3/c1-6-39(7-2)25-13-10-24(11-14-25)12-16-31-36-29-22-27-28(23-30(29)40(31)21-20-38-18-8-9-19-38)35-26(33(42)37-27)15-17-32(41)43-34(3,4)5/h10-14,16,22-23H,6-9,15,17-21H2,1-5H3,(H,37,42). The lowest BCUT2D eigenvalue weighted by atomic mass is 10.2. The lowest BCUT2D eigenvalue weighted by Crippen LogP contribution is -2.25. The summed E-state index contributed by atoms with van der Waals surface area (Å²) in [5.41, 5.74) is 4.89. The van der Waals surface area contributed by atoms with E-state index >= 15 is 0 Å². The van der Waals surface area contributed by atoms with Crippen molar-refractivity contribution in [3.63, 3.8) is 0 Å². The van der Waals surface area contributed by atoms with Crippen molar-refractivity contribution in [2.75, 3.05) is 37.6 Å². The first-order chi connectivity index (χ1) is 20.6. The molecule has 0 amide bonds. The SMILES string of the molecule is CCN(CC)c1ccc(C=Cc2nc3cc4[nH]c(=O)c(CCC(=O)OC(C)(C)C)nc4cc3n2CCN2CCCC2)cc1. The molecular formula is C34H44N6O3. The Morgan fingerprint density at radius 2 is 1.72 bits per heavy atom. The van der Waals surface area contributed by atoms with E-state index in [4.69, 9.17) is 9.72 Å². The maximum Gasteiger partial charge on any atom is 0.306 e. The summed E-state index contributed by atoms with van der Waals surface area (Å²) in [6.07, 6.45) is 6.98. The van der Waals surface area contributed by atoms with Crippen LogP contribution in [0.25, 0.3) is 34.2 Å². The van der Waals surface area contributed by atoms with Crippen LogP contribution in [0.1, 0.15) is 71.0 Å². The van der Waals surface area contributed by atoms with E-state index in [1.807, 2.05) is 32.9 Å². The minimum atomic E-state index is -0.569. The van der Waals surface area contributed by atoms with Gasteiger partial charge in [-0.25, -0.2) is 9.97 Å². The van der Waals surface area contributed by atoms with Gasteiger partial charge in [0.1, 0.15) is 17.1 Å². The number of H-pyrrole nitrogens is 1. The van der Waals surface area contributed by atoms with Crippen LogP contribution in [0.4, 0.5) is 5.69 Å². The number of ether oxygens (including phenoxy) is 1. The van der Waals surface area contributed by atoms with E-state index in [-0.39, 0.29) is 24.4 Å². The van der Waals surface area contributed by atoms with Gasteiger partial charge >= 0.3 is 5.97 Å². The number of hydrogen-bond acceptors (Lipinski definition) is 7. The van der Waals surface area contributed by atoms with E-state index in [0.717, 1.165) is 61.7 Å². The molecule has 0 spiro atoms. The molecule has 3 heterocycles. The van der Waals surface area contributed by atoms with Crippen LogP contribution in [0.3, 0.4) is 0 Å². The molecule has 1 fully saturated rings. The van der Waals surface area contributed by atoms with Crippen molar-refractivity contribution in [2.24, 2.45) is 0 Å². The highest BCUT2D eigenvalue weighted by molar-refractivity contribution is 5.92. The maximum atomic E-state index is 12.8. The first-order valence-corrected chi connectivity index (χ1v) is 15.5. The predicted molar refractivity (Wildman–Crippen MR) is 174 cm³/mol. The number of aromatic nitrogens is 4. The van der Waals surface area contributed by atoms with Crippen molar-refractivity contribution in [3.8, 4) is 0 Å². The average Bonchev–Trinajstić information content (AvgIpc) is 3.60. The highest BCUT2D eigenvalue weighted by Crippen LogP contribution is 2.24. The Morgan fingerprint density at radius 3 is 2.40 bits per heavy atom. The molecule has 1 saturated heterocycles. The summed E-state index contributed by atoms with van der Waals surface area (Å²) in [6, 6.07) is 12.5. The number of esters is 1. The largest absolute Gasteiger partial charge is 0.460 e. The molecule has 0 radical (unpaired) electrons. The van der Waals surface area contributed by atoms with Gasteiger partial charge in [0.25, 0.3) is 5.56 Å². The summed E-state index contributed by atoms with van der Waals surface area (Å²) in [4.78, 5) is 42.6. The van der Waals surface area contributed by atoms with Crippen molar-refractivity contribution in [1.29, 1.82) is 0 Å². The third kappa shape index (κ3) is 7.51. The fraction of sp³-hybridized carbons (Fsp3) is 0.471. The topological polar surface area (TPSA) is 96.4 Å². The highest BCUT2D eigenvalue weighted by Gasteiger charge is 2.18. The molecule has 0 unspecified atom stereocenters. The van der Waals surface area contributed by atoms with Gasteiger partial charge in [0.15, 0.2) is 0 Å². The third-order valence-corrected chi connectivity index (χ3v) is 7.93. The number of nitrogens with one attached hydrogen (secondary N) is 1. The molecule has 0 aliphatic carbocycles. The number of anilines is 1. The van der Waals surface area contributed by atoms with Gasteiger partial charge in [-0.2, -0.15) is 0 Å². The molecule has 0 saturated carbocycles. The monoisotopic (exact) mass is 584 g/mol. The molecule has 0 bridgehead atoms. The van der Waals surface area contributed by atoms with Crippen LogP contribution in [-0.2, 0) is 22.5 Å². The molecule has 9 nitrogen and oxygen atoms in total. The number of carbonyl (C=O) groups is 1. The number of benzene rings is 2. The minimum Gasteiger partial charge on any atom is -0.460 e. The fourth-order valence-corrected chi connectivity index (χ4v) is 5.71. The van der Waals surface area contributed by atoms with Crippen LogP contribution in [0.15, 0.2) is 41.2 Å². The lowest BCUT2D eigenvalue weighted by Gasteiger charge is -2.20. The molecule has 9 heteroatoms. The average molecular weight is 585 g/mol. The Kier molecular flexibility index (Phi) is 9.30. The fourth-order valence-electron chi connectivity index (χ4n) is 5.71. The number of aryl methyl sites for hydroxylation is 1. The van der Waals surface area contributed by atoms with Gasteiger partial charge in [0.2, 0.25) is 0 Å². The van der Waals surface area contributed by atoms with Gasteiger partial charge in [-0.05, 0) is 96.5 Å². The van der Waals surface area contributed by atoms with Gasteiger partial charge in [-0.1, -0.05) is 18.2 Å². The zero-order valence-electron chi connectivity index (χ0n) is 26.2. The van der Waals surface area contributed by atoms with E-state index in [1.54, 1.807) is 0 Å². The van der Waals surface area contributed by atoms with Crippen molar-refractivity contribution in [3.05, 3.63) is 63.8 Å². The van der Waals surface area contributed by atoms with Crippen LogP contribution in [0.2, 0.25) is 0 Å². The molecule has 5 rings (SSSR count). The first kappa shape index (κ1) is 30.5. The van der Waals surface area contributed by atoms with E-state index in [9.17, 15) is 9.59 Å². The minimum absolute atomic E-state index is 0.0969. The maximum absolute atomic E-state index is 12.8. The van der Waals surface area contributed by atoms with Gasteiger partial charge in [-0.3, -0.25) is 9.59 Å². The van der Waals surface area contributed by atoms with Crippen LogP contribution in [0.5, 0.6) is 0 Å². The summed E-state index contributed by atoms with van der Waals surface area (Å²) >= 11 is 0. The van der Waals surface area contributed by atoms with Gasteiger partial charge in [-0.15, -0.1) is 0 Å². The van der Waals surface area contributed by atoms with Crippen molar-refractivity contribution >= 4 is 45.9 Å². The van der Waals surface area contributed by atoms with Crippen molar-refractivity contribution in [2.45, 2.75) is 72.4 Å². The summed E-state index contributed by atoms with van der Waals surface area (Å²) in [6.45, 7) is 15.8. The Labute approximate surface area is 253 Å². The van der Waals surface area contributed by atoms with Crippen LogP contribution in [-0.4, -0.2) is 68.7 Å². The second-order valence-electron chi connectivity index (χ2n) is 12.2. The molecule has 228 valence electrons. The zero-order chi connectivity index (χ0) is 30.6. The molecule has 2 aromatic carbocycles. The van der Waals surface area contributed by atoms with Crippen LogP contribution < -0.4 is 10.5 Å².